The molecule has 7 heteroatoms. The van der Waals surface area contributed by atoms with Gasteiger partial charge in [0.1, 0.15) is 5.82 Å². The third-order valence-electron chi connectivity index (χ3n) is 3.06. The molecule has 0 radical (unpaired) electrons. The summed E-state index contributed by atoms with van der Waals surface area (Å²) < 4.78 is 40.6. The first-order valence-electron chi connectivity index (χ1n) is 6.11. The zero-order valence-electron chi connectivity index (χ0n) is 11.2. The third-order valence-corrected chi connectivity index (χ3v) is 4.77. The Kier molecular flexibility index (Phi) is 4.51. The SMILES string of the molecule is Cc1c(CN)cc(Cl)cc1S(=O)(=O)Nc1ccccc1F. The highest BCUT2D eigenvalue weighted by Gasteiger charge is 2.20. The average Bonchev–Trinajstić information content (AvgIpc) is 2.43. The van der Waals surface area contributed by atoms with Crippen LogP contribution in [-0.4, -0.2) is 8.42 Å². The highest BCUT2D eigenvalue weighted by molar-refractivity contribution is 7.92. The monoisotopic (exact) mass is 328 g/mol. The van der Waals surface area contributed by atoms with Crippen LogP contribution >= 0.6 is 11.6 Å². The van der Waals surface area contributed by atoms with Crippen LogP contribution in [0.1, 0.15) is 11.1 Å². The zero-order valence-corrected chi connectivity index (χ0v) is 12.8. The molecule has 0 unspecified atom stereocenters. The number of benzene rings is 2. The van der Waals surface area contributed by atoms with Gasteiger partial charge in [-0.1, -0.05) is 23.7 Å². The van der Waals surface area contributed by atoms with E-state index in [-0.39, 0.29) is 22.2 Å². The van der Waals surface area contributed by atoms with Crippen LogP contribution in [0.3, 0.4) is 0 Å². The molecule has 0 heterocycles. The van der Waals surface area contributed by atoms with Gasteiger partial charge < -0.3 is 5.73 Å². The Morgan fingerprint density at radius 1 is 1.29 bits per heavy atom. The van der Waals surface area contributed by atoms with Crippen LogP contribution in [0.2, 0.25) is 5.02 Å². The van der Waals surface area contributed by atoms with Crippen LogP contribution < -0.4 is 10.5 Å². The summed E-state index contributed by atoms with van der Waals surface area (Å²) in [5, 5.41) is 0.259. The van der Waals surface area contributed by atoms with Crippen molar-refractivity contribution in [2.45, 2.75) is 18.4 Å². The second-order valence-corrected chi connectivity index (χ2v) is 6.56. The van der Waals surface area contributed by atoms with E-state index < -0.39 is 15.8 Å². The van der Waals surface area contributed by atoms with Crippen LogP contribution in [0.15, 0.2) is 41.3 Å². The number of para-hydroxylation sites is 1. The van der Waals surface area contributed by atoms with E-state index in [4.69, 9.17) is 17.3 Å². The first kappa shape index (κ1) is 15.8. The number of nitrogens with two attached hydrogens (primary N) is 1. The molecule has 0 saturated carbocycles. The van der Waals surface area contributed by atoms with Crippen LogP contribution in [-0.2, 0) is 16.6 Å². The Morgan fingerprint density at radius 3 is 2.57 bits per heavy atom. The van der Waals surface area contributed by atoms with Gasteiger partial charge in [0, 0.05) is 11.6 Å². The molecule has 2 aromatic carbocycles. The van der Waals surface area contributed by atoms with Crippen molar-refractivity contribution in [1.82, 2.24) is 0 Å². The lowest BCUT2D eigenvalue weighted by Gasteiger charge is -2.14. The topological polar surface area (TPSA) is 72.2 Å². The van der Waals surface area contributed by atoms with Crippen LogP contribution in [0.5, 0.6) is 0 Å². The van der Waals surface area contributed by atoms with Gasteiger partial charge in [-0.2, -0.15) is 0 Å². The molecule has 0 spiro atoms. The average molecular weight is 329 g/mol. The lowest BCUT2D eigenvalue weighted by atomic mass is 10.1. The lowest BCUT2D eigenvalue weighted by molar-refractivity contribution is 0.598. The molecule has 3 N–H and O–H groups in total. The standard InChI is InChI=1S/C14H14ClFN2O2S/c1-9-10(8-17)6-11(15)7-14(9)21(19,20)18-13-5-3-2-4-12(13)16/h2-7,18H,8,17H2,1H3. The number of halogens is 2. The molecule has 0 bridgehead atoms. The fourth-order valence-corrected chi connectivity index (χ4v) is 3.63. The van der Waals surface area contributed by atoms with Gasteiger partial charge in [-0.15, -0.1) is 0 Å². The van der Waals surface area contributed by atoms with Gasteiger partial charge in [-0.05, 0) is 42.3 Å². The Balaban J connectivity index is 2.50. The molecular formula is C14H14ClFN2O2S. The Bertz CT molecular complexity index is 779. The molecule has 0 aromatic heterocycles. The van der Waals surface area contributed by atoms with Crippen molar-refractivity contribution in [3.8, 4) is 0 Å². The summed E-state index contributed by atoms with van der Waals surface area (Å²) in [5.41, 5.74) is 6.57. The number of anilines is 1. The summed E-state index contributed by atoms with van der Waals surface area (Å²) in [7, 11) is -3.95. The third kappa shape index (κ3) is 3.34. The first-order valence-corrected chi connectivity index (χ1v) is 7.97. The Hall–Kier alpha value is -1.63. The number of rotatable bonds is 4. The largest absolute Gasteiger partial charge is 0.326 e. The summed E-state index contributed by atoms with van der Waals surface area (Å²) in [6.45, 7) is 1.79. The van der Waals surface area contributed by atoms with Gasteiger partial charge in [-0.3, -0.25) is 4.72 Å². The zero-order chi connectivity index (χ0) is 15.6. The van der Waals surface area contributed by atoms with Crippen molar-refractivity contribution in [1.29, 1.82) is 0 Å². The van der Waals surface area contributed by atoms with Crippen molar-refractivity contribution >= 4 is 27.3 Å². The molecule has 0 aliphatic carbocycles. The molecule has 0 amide bonds. The second kappa shape index (κ2) is 6.01. The van der Waals surface area contributed by atoms with Crippen molar-refractivity contribution in [2.75, 3.05) is 4.72 Å². The summed E-state index contributed by atoms with van der Waals surface area (Å²) >= 11 is 5.92. The molecule has 0 saturated heterocycles. The fourth-order valence-electron chi connectivity index (χ4n) is 1.94. The van der Waals surface area contributed by atoms with Gasteiger partial charge >= 0.3 is 0 Å². The van der Waals surface area contributed by atoms with Crippen molar-refractivity contribution in [3.63, 3.8) is 0 Å². The smallest absolute Gasteiger partial charge is 0.262 e. The fraction of sp³-hybridized carbons (Fsp3) is 0.143. The molecule has 0 aliphatic heterocycles. The van der Waals surface area contributed by atoms with E-state index in [1.165, 1.54) is 30.3 Å². The molecule has 0 fully saturated rings. The van der Waals surface area contributed by atoms with Gasteiger partial charge in [0.05, 0.1) is 10.6 Å². The van der Waals surface area contributed by atoms with Gasteiger partial charge in [-0.25, -0.2) is 12.8 Å². The van der Waals surface area contributed by atoms with E-state index in [0.29, 0.717) is 11.1 Å². The minimum absolute atomic E-state index is 0.0151. The maximum atomic E-state index is 13.6. The Morgan fingerprint density at radius 2 is 1.95 bits per heavy atom. The molecule has 21 heavy (non-hydrogen) atoms. The van der Waals surface area contributed by atoms with Gasteiger partial charge in [0.15, 0.2) is 0 Å². The minimum Gasteiger partial charge on any atom is -0.326 e. The lowest BCUT2D eigenvalue weighted by Crippen LogP contribution is -2.16. The minimum atomic E-state index is -3.95. The van der Waals surface area contributed by atoms with Crippen molar-refractivity contribution < 1.29 is 12.8 Å². The number of hydrogen-bond acceptors (Lipinski definition) is 3. The van der Waals surface area contributed by atoms with Crippen molar-refractivity contribution in [3.05, 3.63) is 58.4 Å². The predicted octanol–water partition coefficient (Wildman–Crippen LogP) is 3.05. The highest BCUT2D eigenvalue weighted by atomic mass is 35.5. The summed E-state index contributed by atoms with van der Waals surface area (Å²) in [6, 6.07) is 8.46. The predicted molar refractivity (Wildman–Crippen MR) is 81.3 cm³/mol. The van der Waals surface area contributed by atoms with E-state index in [9.17, 15) is 12.8 Å². The summed E-state index contributed by atoms with van der Waals surface area (Å²) in [6.07, 6.45) is 0. The normalized spacial score (nSPS) is 11.4. The van der Waals surface area contributed by atoms with Crippen LogP contribution in [0, 0.1) is 12.7 Å². The quantitative estimate of drug-likeness (QED) is 0.906. The summed E-state index contributed by atoms with van der Waals surface area (Å²) in [4.78, 5) is -0.0151. The molecule has 0 aliphatic rings. The number of sulfonamides is 1. The van der Waals surface area contributed by atoms with E-state index in [1.807, 2.05) is 0 Å². The number of nitrogens with one attached hydrogen (secondary N) is 1. The van der Waals surface area contributed by atoms with E-state index >= 15 is 0 Å². The maximum Gasteiger partial charge on any atom is 0.262 e. The van der Waals surface area contributed by atoms with Gasteiger partial charge in [0.25, 0.3) is 10.0 Å². The van der Waals surface area contributed by atoms with E-state index in [0.717, 1.165) is 0 Å². The van der Waals surface area contributed by atoms with Crippen molar-refractivity contribution in [2.24, 2.45) is 5.73 Å². The Labute approximate surface area is 127 Å². The van der Waals surface area contributed by atoms with E-state index in [2.05, 4.69) is 4.72 Å². The molecule has 0 atom stereocenters. The molecule has 4 nitrogen and oxygen atoms in total. The van der Waals surface area contributed by atoms with Crippen LogP contribution in [0.4, 0.5) is 10.1 Å². The summed E-state index contributed by atoms with van der Waals surface area (Å²) in [5.74, 6) is -0.653. The van der Waals surface area contributed by atoms with Crippen LogP contribution in [0.25, 0.3) is 0 Å². The molecule has 112 valence electrons. The molecule has 2 rings (SSSR count). The van der Waals surface area contributed by atoms with E-state index in [1.54, 1.807) is 13.0 Å². The molecular weight excluding hydrogens is 315 g/mol. The van der Waals surface area contributed by atoms with Gasteiger partial charge in [0.2, 0.25) is 0 Å². The second-order valence-electron chi connectivity index (χ2n) is 4.48. The number of hydrogen-bond donors (Lipinski definition) is 2. The highest BCUT2D eigenvalue weighted by Crippen LogP contribution is 2.26. The maximum absolute atomic E-state index is 13.6. The molecule has 2 aromatic rings. The first-order chi connectivity index (χ1) is 9.85.